The lowest BCUT2D eigenvalue weighted by molar-refractivity contribution is -0.890. The maximum atomic E-state index is 12.7. The third kappa shape index (κ3) is 3.53. The van der Waals surface area contributed by atoms with Gasteiger partial charge in [-0.1, -0.05) is 0 Å². The fourth-order valence-corrected chi connectivity index (χ4v) is 2.36. The SMILES string of the molecule is C[C@H](C[NH+]1CCCC1)OC(=O)c1ccc(F)cc1. The molecular weight excluding hydrogens is 233 g/mol. The molecular formula is C14H19FNO2+. The standard InChI is InChI=1S/C14H18FNO2/c1-11(10-16-8-2-3-9-16)18-14(17)12-4-6-13(15)7-5-12/h4-7,11H,2-3,8-10H2,1H3/p+1/t11-/m1/s1. The Morgan fingerprint density at radius 3 is 2.56 bits per heavy atom. The first kappa shape index (κ1) is 13.0. The molecule has 18 heavy (non-hydrogen) atoms. The minimum atomic E-state index is -0.374. The molecule has 4 heteroatoms. The zero-order valence-corrected chi connectivity index (χ0v) is 10.6. The number of hydrogen-bond donors (Lipinski definition) is 1. The molecule has 0 aromatic heterocycles. The first-order valence-electron chi connectivity index (χ1n) is 6.45. The molecule has 0 amide bonds. The van der Waals surface area contributed by atoms with E-state index in [1.54, 1.807) is 0 Å². The summed E-state index contributed by atoms with van der Waals surface area (Å²) >= 11 is 0. The lowest BCUT2D eigenvalue weighted by Crippen LogP contribution is -3.11. The number of carbonyl (C=O) groups is 1. The summed E-state index contributed by atoms with van der Waals surface area (Å²) in [6.45, 7) is 5.09. The van der Waals surface area contributed by atoms with E-state index in [4.69, 9.17) is 4.74 Å². The first-order valence-corrected chi connectivity index (χ1v) is 6.45. The summed E-state index contributed by atoms with van der Waals surface area (Å²) in [5.74, 6) is -0.720. The summed E-state index contributed by atoms with van der Waals surface area (Å²) in [6.07, 6.45) is 2.41. The van der Waals surface area contributed by atoms with Crippen molar-refractivity contribution in [3.63, 3.8) is 0 Å². The maximum absolute atomic E-state index is 12.7. The van der Waals surface area contributed by atoms with Gasteiger partial charge in [0, 0.05) is 12.8 Å². The second-order valence-corrected chi connectivity index (χ2v) is 4.88. The third-order valence-electron chi connectivity index (χ3n) is 3.27. The van der Waals surface area contributed by atoms with Crippen molar-refractivity contribution >= 4 is 5.97 Å². The number of carbonyl (C=O) groups excluding carboxylic acids is 1. The van der Waals surface area contributed by atoms with E-state index in [0.717, 1.165) is 6.54 Å². The largest absolute Gasteiger partial charge is 0.453 e. The number of likely N-dealkylation sites (tertiary alicyclic amines) is 1. The Morgan fingerprint density at radius 2 is 1.94 bits per heavy atom. The number of rotatable bonds is 4. The van der Waals surface area contributed by atoms with Crippen LogP contribution in [0, 0.1) is 5.82 Å². The van der Waals surface area contributed by atoms with Crippen molar-refractivity contribution in [1.29, 1.82) is 0 Å². The molecule has 98 valence electrons. The number of hydrogen-bond acceptors (Lipinski definition) is 2. The van der Waals surface area contributed by atoms with Gasteiger partial charge in [-0.05, 0) is 31.2 Å². The molecule has 2 rings (SSSR count). The molecule has 1 aromatic carbocycles. The second-order valence-electron chi connectivity index (χ2n) is 4.88. The number of benzene rings is 1. The predicted molar refractivity (Wildman–Crippen MR) is 66.1 cm³/mol. The molecule has 1 atom stereocenters. The monoisotopic (exact) mass is 252 g/mol. The van der Waals surface area contributed by atoms with Gasteiger partial charge in [-0.15, -0.1) is 0 Å². The van der Waals surface area contributed by atoms with Crippen molar-refractivity contribution in [3.8, 4) is 0 Å². The van der Waals surface area contributed by atoms with Crippen LogP contribution in [0.3, 0.4) is 0 Å². The Labute approximate surface area is 107 Å². The Kier molecular flexibility index (Phi) is 4.31. The van der Waals surface area contributed by atoms with Gasteiger partial charge in [0.25, 0.3) is 0 Å². The minimum Gasteiger partial charge on any atom is -0.453 e. The zero-order chi connectivity index (χ0) is 13.0. The summed E-state index contributed by atoms with van der Waals surface area (Å²) in [6, 6.07) is 5.44. The predicted octanol–water partition coefficient (Wildman–Crippen LogP) is 1.05. The molecule has 0 saturated carbocycles. The molecule has 1 N–H and O–H groups in total. The Balaban J connectivity index is 1.84. The molecule has 1 aromatic rings. The van der Waals surface area contributed by atoms with Crippen LogP contribution in [-0.4, -0.2) is 31.7 Å². The van der Waals surface area contributed by atoms with Crippen molar-refractivity contribution in [3.05, 3.63) is 35.6 Å². The summed E-state index contributed by atoms with van der Waals surface area (Å²) in [4.78, 5) is 13.3. The van der Waals surface area contributed by atoms with E-state index in [1.807, 2.05) is 6.92 Å². The van der Waals surface area contributed by atoms with Crippen LogP contribution >= 0.6 is 0 Å². The molecule has 0 aliphatic carbocycles. The van der Waals surface area contributed by atoms with Gasteiger partial charge in [-0.3, -0.25) is 0 Å². The lowest BCUT2D eigenvalue weighted by Gasteiger charge is -2.18. The van der Waals surface area contributed by atoms with E-state index in [0.29, 0.717) is 5.56 Å². The summed E-state index contributed by atoms with van der Waals surface area (Å²) < 4.78 is 18.1. The quantitative estimate of drug-likeness (QED) is 0.812. The Hall–Kier alpha value is -1.42. The van der Waals surface area contributed by atoms with Crippen LogP contribution in [0.4, 0.5) is 4.39 Å². The second kappa shape index (κ2) is 5.96. The van der Waals surface area contributed by atoms with Gasteiger partial charge in [0.2, 0.25) is 0 Å². The molecule has 3 nitrogen and oxygen atoms in total. The van der Waals surface area contributed by atoms with E-state index < -0.39 is 0 Å². The number of ether oxygens (including phenoxy) is 1. The molecule has 1 heterocycles. The molecule has 1 saturated heterocycles. The highest BCUT2D eigenvalue weighted by molar-refractivity contribution is 5.89. The van der Waals surface area contributed by atoms with Crippen LogP contribution in [0.15, 0.2) is 24.3 Å². The van der Waals surface area contributed by atoms with Crippen LogP contribution in [0.1, 0.15) is 30.1 Å². The molecule has 1 aliphatic heterocycles. The topological polar surface area (TPSA) is 30.7 Å². The smallest absolute Gasteiger partial charge is 0.338 e. The van der Waals surface area contributed by atoms with Crippen LogP contribution in [-0.2, 0) is 4.74 Å². The van der Waals surface area contributed by atoms with Gasteiger partial charge in [0.05, 0.1) is 18.7 Å². The number of esters is 1. The first-order chi connectivity index (χ1) is 8.65. The fraction of sp³-hybridized carbons (Fsp3) is 0.500. The normalized spacial score (nSPS) is 17.7. The Morgan fingerprint density at radius 1 is 1.33 bits per heavy atom. The average Bonchev–Trinajstić information content (AvgIpc) is 2.82. The average molecular weight is 252 g/mol. The van der Waals surface area contributed by atoms with Crippen LogP contribution < -0.4 is 4.90 Å². The van der Waals surface area contributed by atoms with Crippen molar-refractivity contribution in [2.45, 2.75) is 25.9 Å². The van der Waals surface area contributed by atoms with Gasteiger partial charge in [0.15, 0.2) is 0 Å². The van der Waals surface area contributed by atoms with E-state index in [9.17, 15) is 9.18 Å². The van der Waals surface area contributed by atoms with Crippen molar-refractivity contribution in [1.82, 2.24) is 0 Å². The molecule has 0 spiro atoms. The fourth-order valence-electron chi connectivity index (χ4n) is 2.36. The number of quaternary nitrogens is 1. The highest BCUT2D eigenvalue weighted by Crippen LogP contribution is 2.06. The van der Waals surface area contributed by atoms with E-state index in [1.165, 1.54) is 55.1 Å². The third-order valence-corrected chi connectivity index (χ3v) is 3.27. The molecule has 1 aliphatic rings. The van der Waals surface area contributed by atoms with Gasteiger partial charge in [0.1, 0.15) is 18.5 Å². The lowest BCUT2D eigenvalue weighted by atomic mass is 10.2. The van der Waals surface area contributed by atoms with E-state index in [2.05, 4.69) is 0 Å². The van der Waals surface area contributed by atoms with Crippen molar-refractivity contribution in [2.75, 3.05) is 19.6 Å². The highest BCUT2D eigenvalue weighted by atomic mass is 19.1. The van der Waals surface area contributed by atoms with Gasteiger partial charge >= 0.3 is 5.97 Å². The number of halogens is 1. The van der Waals surface area contributed by atoms with Crippen LogP contribution in [0.25, 0.3) is 0 Å². The van der Waals surface area contributed by atoms with Crippen LogP contribution in [0.2, 0.25) is 0 Å². The maximum Gasteiger partial charge on any atom is 0.338 e. The summed E-state index contributed by atoms with van der Waals surface area (Å²) in [7, 11) is 0. The zero-order valence-electron chi connectivity index (χ0n) is 10.6. The summed E-state index contributed by atoms with van der Waals surface area (Å²) in [5.41, 5.74) is 0.402. The Bertz CT molecular complexity index is 399. The molecule has 0 radical (unpaired) electrons. The molecule has 0 bridgehead atoms. The van der Waals surface area contributed by atoms with Crippen LogP contribution in [0.5, 0.6) is 0 Å². The molecule has 1 fully saturated rings. The highest BCUT2D eigenvalue weighted by Gasteiger charge is 2.20. The summed E-state index contributed by atoms with van der Waals surface area (Å²) in [5, 5.41) is 0. The van der Waals surface area contributed by atoms with Crippen molar-refractivity contribution < 1.29 is 18.8 Å². The van der Waals surface area contributed by atoms with Crippen molar-refractivity contribution in [2.24, 2.45) is 0 Å². The minimum absolute atomic E-state index is 0.101. The van der Waals surface area contributed by atoms with Gasteiger partial charge in [-0.2, -0.15) is 0 Å². The van der Waals surface area contributed by atoms with E-state index >= 15 is 0 Å². The number of nitrogens with one attached hydrogen (secondary N) is 1. The van der Waals surface area contributed by atoms with Gasteiger partial charge in [-0.25, -0.2) is 9.18 Å². The molecule has 0 unspecified atom stereocenters. The van der Waals surface area contributed by atoms with E-state index in [-0.39, 0.29) is 17.9 Å². The van der Waals surface area contributed by atoms with Gasteiger partial charge < -0.3 is 9.64 Å².